The first-order chi connectivity index (χ1) is 10.6. The zero-order chi connectivity index (χ0) is 15.3. The molecule has 0 saturated carbocycles. The highest BCUT2D eigenvalue weighted by Gasteiger charge is 2.11. The molecule has 22 heavy (non-hydrogen) atoms. The van der Waals surface area contributed by atoms with Gasteiger partial charge in [0.25, 0.3) is 0 Å². The van der Waals surface area contributed by atoms with Crippen molar-refractivity contribution in [3.8, 4) is 11.3 Å². The molecule has 0 amide bonds. The molecular formula is C15H8ClN3O2S. The number of hydrogen-bond donors (Lipinski definition) is 1. The van der Waals surface area contributed by atoms with Crippen LogP contribution in [0.1, 0.15) is 10.4 Å². The van der Waals surface area contributed by atoms with E-state index >= 15 is 0 Å². The highest BCUT2D eigenvalue weighted by atomic mass is 35.5. The van der Waals surface area contributed by atoms with Gasteiger partial charge in [-0.05, 0) is 18.2 Å². The first kappa shape index (κ1) is 13.2. The Morgan fingerprint density at radius 1 is 1.27 bits per heavy atom. The second-order valence-corrected chi connectivity index (χ2v) is 6.13. The van der Waals surface area contributed by atoms with Gasteiger partial charge in [-0.15, -0.1) is 0 Å². The molecule has 0 aliphatic rings. The number of aromatic nitrogens is 3. The average molecular weight is 330 g/mol. The maximum Gasteiger partial charge on any atom is 0.335 e. The SMILES string of the molecule is O=C(O)c1ccc(-c2cn3c(n2)sc2cc(Cl)ncc23)cc1. The molecule has 0 atom stereocenters. The summed E-state index contributed by atoms with van der Waals surface area (Å²) in [6.45, 7) is 0. The van der Waals surface area contributed by atoms with E-state index in [9.17, 15) is 4.79 Å². The molecule has 0 spiro atoms. The molecule has 4 rings (SSSR count). The van der Waals surface area contributed by atoms with Crippen LogP contribution in [-0.2, 0) is 0 Å². The number of benzene rings is 1. The molecule has 5 nitrogen and oxygen atoms in total. The molecule has 0 saturated heterocycles. The maximum absolute atomic E-state index is 10.9. The molecule has 1 aromatic carbocycles. The van der Waals surface area contributed by atoms with Crippen LogP contribution >= 0.6 is 22.9 Å². The van der Waals surface area contributed by atoms with Crippen LogP contribution in [0.15, 0.2) is 42.7 Å². The van der Waals surface area contributed by atoms with Gasteiger partial charge in [-0.2, -0.15) is 0 Å². The lowest BCUT2D eigenvalue weighted by Gasteiger charge is -1.97. The predicted molar refractivity (Wildman–Crippen MR) is 85.8 cm³/mol. The number of aromatic carboxylic acids is 1. The summed E-state index contributed by atoms with van der Waals surface area (Å²) in [6, 6.07) is 8.48. The Labute approximate surface area is 133 Å². The van der Waals surface area contributed by atoms with Crippen molar-refractivity contribution in [1.29, 1.82) is 0 Å². The van der Waals surface area contributed by atoms with Crippen LogP contribution in [0.5, 0.6) is 0 Å². The number of halogens is 1. The highest BCUT2D eigenvalue weighted by Crippen LogP contribution is 2.30. The average Bonchev–Trinajstić information content (AvgIpc) is 3.04. The van der Waals surface area contributed by atoms with Crippen LogP contribution in [0.25, 0.3) is 26.4 Å². The summed E-state index contributed by atoms with van der Waals surface area (Å²) in [7, 11) is 0. The van der Waals surface area contributed by atoms with Gasteiger partial charge in [0.15, 0.2) is 4.96 Å². The monoisotopic (exact) mass is 329 g/mol. The second-order valence-electron chi connectivity index (χ2n) is 4.74. The predicted octanol–water partition coefficient (Wildman–Crippen LogP) is 3.96. The quantitative estimate of drug-likeness (QED) is 0.565. The summed E-state index contributed by atoms with van der Waals surface area (Å²) in [5.74, 6) is -0.939. The fraction of sp³-hybridized carbons (Fsp3) is 0. The fourth-order valence-electron chi connectivity index (χ4n) is 2.30. The molecule has 108 valence electrons. The molecular weight excluding hydrogens is 322 g/mol. The molecule has 0 unspecified atom stereocenters. The van der Waals surface area contributed by atoms with Gasteiger partial charge in [0, 0.05) is 11.8 Å². The van der Waals surface area contributed by atoms with E-state index in [0.717, 1.165) is 26.4 Å². The third-order valence-electron chi connectivity index (χ3n) is 3.37. The molecule has 0 radical (unpaired) electrons. The number of fused-ring (bicyclic) bond motifs is 3. The number of carboxylic acid groups (broad SMARTS) is 1. The molecule has 0 aliphatic heterocycles. The Hall–Kier alpha value is -2.44. The van der Waals surface area contributed by atoms with Crippen LogP contribution in [0.4, 0.5) is 0 Å². The number of carboxylic acids is 1. The van der Waals surface area contributed by atoms with Crippen molar-refractivity contribution >= 4 is 44.1 Å². The first-order valence-electron chi connectivity index (χ1n) is 6.39. The lowest BCUT2D eigenvalue weighted by molar-refractivity contribution is 0.0697. The zero-order valence-corrected chi connectivity index (χ0v) is 12.6. The van der Waals surface area contributed by atoms with Crippen molar-refractivity contribution < 1.29 is 9.90 Å². The van der Waals surface area contributed by atoms with Crippen molar-refractivity contribution in [2.75, 3.05) is 0 Å². The van der Waals surface area contributed by atoms with E-state index in [-0.39, 0.29) is 5.56 Å². The Morgan fingerprint density at radius 2 is 2.05 bits per heavy atom. The van der Waals surface area contributed by atoms with Crippen molar-refractivity contribution in [3.05, 3.63) is 53.4 Å². The summed E-state index contributed by atoms with van der Waals surface area (Å²) in [5, 5.41) is 9.39. The first-order valence-corrected chi connectivity index (χ1v) is 7.58. The van der Waals surface area contributed by atoms with Crippen molar-refractivity contribution in [2.24, 2.45) is 0 Å². The summed E-state index contributed by atoms with van der Waals surface area (Å²) in [5.41, 5.74) is 2.87. The van der Waals surface area contributed by atoms with Gasteiger partial charge < -0.3 is 5.11 Å². The second kappa shape index (κ2) is 4.79. The Bertz CT molecular complexity index is 1020. The van der Waals surface area contributed by atoms with Gasteiger partial charge in [0.2, 0.25) is 0 Å². The zero-order valence-electron chi connectivity index (χ0n) is 11.0. The van der Waals surface area contributed by atoms with Crippen molar-refractivity contribution in [3.63, 3.8) is 0 Å². The molecule has 1 N–H and O–H groups in total. The molecule has 4 aromatic rings. The molecule has 0 bridgehead atoms. The smallest absolute Gasteiger partial charge is 0.335 e. The molecule has 7 heteroatoms. The van der Waals surface area contributed by atoms with E-state index in [4.69, 9.17) is 16.7 Å². The van der Waals surface area contributed by atoms with E-state index in [1.165, 1.54) is 11.3 Å². The summed E-state index contributed by atoms with van der Waals surface area (Å²) < 4.78 is 2.99. The minimum Gasteiger partial charge on any atom is -0.478 e. The number of nitrogens with zero attached hydrogens (tertiary/aromatic N) is 3. The number of hydrogen-bond acceptors (Lipinski definition) is 4. The van der Waals surface area contributed by atoms with Crippen LogP contribution in [0, 0.1) is 0 Å². The lowest BCUT2D eigenvalue weighted by Crippen LogP contribution is -1.94. The van der Waals surface area contributed by atoms with Gasteiger partial charge in [0.05, 0.1) is 27.7 Å². The van der Waals surface area contributed by atoms with Gasteiger partial charge in [-0.3, -0.25) is 4.40 Å². The standard InChI is InChI=1S/C15H8ClN3O2S/c16-13-5-12-11(6-17-13)19-7-10(18-15(19)22-12)8-1-3-9(4-2-8)14(20)21/h1-7H,(H,20,21). The lowest BCUT2D eigenvalue weighted by atomic mass is 10.1. The summed E-state index contributed by atoms with van der Waals surface area (Å²) in [4.78, 5) is 20.4. The third-order valence-corrected chi connectivity index (χ3v) is 4.60. The van der Waals surface area contributed by atoms with E-state index in [1.54, 1.807) is 30.5 Å². The fourth-order valence-corrected chi connectivity index (χ4v) is 3.54. The Morgan fingerprint density at radius 3 is 2.77 bits per heavy atom. The van der Waals surface area contributed by atoms with Crippen LogP contribution in [0.3, 0.4) is 0 Å². The number of thiazole rings is 1. The molecule has 3 heterocycles. The number of imidazole rings is 1. The highest BCUT2D eigenvalue weighted by molar-refractivity contribution is 7.23. The van der Waals surface area contributed by atoms with Crippen LogP contribution in [-0.4, -0.2) is 25.4 Å². The molecule has 3 aromatic heterocycles. The van der Waals surface area contributed by atoms with Gasteiger partial charge >= 0.3 is 5.97 Å². The van der Waals surface area contributed by atoms with Crippen molar-refractivity contribution in [1.82, 2.24) is 14.4 Å². The molecule has 0 fully saturated rings. The van der Waals surface area contributed by atoms with Crippen LogP contribution < -0.4 is 0 Å². The maximum atomic E-state index is 10.9. The van der Waals surface area contributed by atoms with E-state index in [1.807, 2.05) is 16.7 Å². The van der Waals surface area contributed by atoms with Crippen LogP contribution in [0.2, 0.25) is 5.15 Å². The van der Waals surface area contributed by atoms with E-state index < -0.39 is 5.97 Å². The number of pyridine rings is 1. The Kier molecular flexibility index (Phi) is 2.88. The van der Waals surface area contributed by atoms with Gasteiger partial charge in [-0.25, -0.2) is 14.8 Å². The normalized spacial score (nSPS) is 11.3. The number of rotatable bonds is 2. The molecule has 0 aliphatic carbocycles. The van der Waals surface area contributed by atoms with E-state index in [2.05, 4.69) is 9.97 Å². The largest absolute Gasteiger partial charge is 0.478 e. The number of carbonyl (C=O) groups is 1. The minimum absolute atomic E-state index is 0.258. The van der Waals surface area contributed by atoms with E-state index in [0.29, 0.717) is 5.15 Å². The Balaban J connectivity index is 1.84. The topological polar surface area (TPSA) is 67.5 Å². The van der Waals surface area contributed by atoms with Crippen molar-refractivity contribution in [2.45, 2.75) is 0 Å². The summed E-state index contributed by atoms with van der Waals surface area (Å²) in [6.07, 6.45) is 3.64. The summed E-state index contributed by atoms with van der Waals surface area (Å²) >= 11 is 7.43. The minimum atomic E-state index is -0.939. The van der Waals surface area contributed by atoms with Gasteiger partial charge in [0.1, 0.15) is 5.15 Å². The van der Waals surface area contributed by atoms with Gasteiger partial charge in [-0.1, -0.05) is 35.1 Å². The third kappa shape index (κ3) is 2.04.